The predicted octanol–water partition coefficient (Wildman–Crippen LogP) is 12.9. The van der Waals surface area contributed by atoms with Gasteiger partial charge >= 0.3 is 0 Å². The van der Waals surface area contributed by atoms with Crippen LogP contribution in [-0.2, 0) is 0 Å². The summed E-state index contributed by atoms with van der Waals surface area (Å²) >= 11 is 0. The lowest BCUT2D eigenvalue weighted by atomic mass is 10.3. The van der Waals surface area contributed by atoms with Gasteiger partial charge in [0.15, 0.2) is 0 Å². The third-order valence-electron chi connectivity index (χ3n) is 11.9. The van der Waals surface area contributed by atoms with Gasteiger partial charge in [-0.25, -0.2) is 29.9 Å². The molecule has 0 spiro atoms. The zero-order chi connectivity index (χ0) is 43.6. The Hall–Kier alpha value is -9.42. The molecule has 0 radical (unpaired) electrons. The van der Waals surface area contributed by atoms with E-state index in [-0.39, 0.29) is 0 Å². The van der Waals surface area contributed by atoms with Crippen LogP contribution in [0.3, 0.4) is 0 Å². The number of hydrogen-bond acceptors (Lipinski definition) is 6. The molecular weight excluding hydrogens is 817 g/mol. The molecule has 13 aromatic heterocycles. The molecule has 0 fully saturated rings. The van der Waals surface area contributed by atoms with E-state index in [2.05, 4.69) is 29.9 Å². The van der Waals surface area contributed by atoms with Gasteiger partial charge in [-0.1, -0.05) is 36.4 Å². The van der Waals surface area contributed by atoms with Gasteiger partial charge in [0.05, 0.1) is 132 Å². The SMILES string of the molecule is c1cc2nc(c1)c1ccc([nH]1)c1cccc(n1)c1ccc([nH]1)c1cccc(n1)c1ccc([nH]1)c1cccc(n1)c1ccc([nH]1)c1cccc(n1)c1ccc([nH]1)c1cccc(n1)c1ccc2[nH]1. The van der Waals surface area contributed by atoms with E-state index in [1.54, 1.807) is 0 Å². The minimum atomic E-state index is 0.819. The van der Waals surface area contributed by atoms with E-state index in [0.29, 0.717) is 0 Å². The molecule has 13 aromatic rings. The second kappa shape index (κ2) is 15.1. The molecule has 13 heterocycles. The number of pyridine rings is 6. The summed E-state index contributed by atoms with van der Waals surface area (Å²) in [6.45, 7) is 0. The van der Waals surface area contributed by atoms with Crippen LogP contribution in [-0.4, -0.2) is 59.8 Å². The third kappa shape index (κ3) is 6.73. The lowest BCUT2D eigenvalue weighted by molar-refractivity contribution is 1.42. The Morgan fingerprint density at radius 3 is 0.364 bits per heavy atom. The van der Waals surface area contributed by atoms with E-state index < -0.39 is 0 Å². The lowest BCUT2D eigenvalue weighted by Crippen LogP contribution is -1.81. The second-order valence-electron chi connectivity index (χ2n) is 16.2. The second-order valence-corrected chi connectivity index (χ2v) is 16.2. The van der Waals surface area contributed by atoms with Gasteiger partial charge in [-0.05, 0) is 146 Å². The summed E-state index contributed by atoms with van der Waals surface area (Å²) in [6, 6.07) is 60.8. The highest BCUT2D eigenvalue weighted by atomic mass is 14.8. The maximum absolute atomic E-state index is 5.05. The third-order valence-corrected chi connectivity index (χ3v) is 11.9. The van der Waals surface area contributed by atoms with E-state index in [4.69, 9.17) is 29.9 Å². The van der Waals surface area contributed by atoms with Crippen LogP contribution in [0.5, 0.6) is 0 Å². The highest BCUT2D eigenvalue weighted by Gasteiger charge is 2.05. The average Bonchev–Trinajstić information content (AvgIpc) is 4.24. The Labute approximate surface area is 372 Å². The molecule has 0 atom stereocenters. The van der Waals surface area contributed by atoms with Crippen LogP contribution < -0.4 is 0 Å². The van der Waals surface area contributed by atoms with E-state index in [0.717, 1.165) is 132 Å². The molecule has 0 aliphatic carbocycles. The quantitative estimate of drug-likeness (QED) is 0.0886. The van der Waals surface area contributed by atoms with Crippen molar-refractivity contribution in [3.63, 3.8) is 0 Å². The van der Waals surface area contributed by atoms with Crippen LogP contribution in [0.2, 0.25) is 0 Å². The topological polar surface area (TPSA) is 172 Å². The molecular formula is C54H36N12. The fourth-order valence-corrected chi connectivity index (χ4v) is 8.57. The van der Waals surface area contributed by atoms with Crippen molar-refractivity contribution in [3.8, 4) is 0 Å². The van der Waals surface area contributed by atoms with Crippen molar-refractivity contribution < 1.29 is 0 Å². The number of rotatable bonds is 0. The van der Waals surface area contributed by atoms with E-state index in [1.807, 2.05) is 182 Å². The first kappa shape index (κ1) is 37.2. The summed E-state index contributed by atoms with van der Waals surface area (Å²) in [4.78, 5) is 51.7. The first-order chi connectivity index (χ1) is 32.6. The van der Waals surface area contributed by atoms with Gasteiger partial charge in [0.1, 0.15) is 0 Å². The number of fused-ring (bicyclic) bond motifs is 36. The molecule has 13 rings (SSSR count). The highest BCUT2D eigenvalue weighted by molar-refractivity contribution is 5.94. The Morgan fingerprint density at radius 2 is 0.258 bits per heavy atom. The van der Waals surface area contributed by atoms with Crippen LogP contribution in [0.1, 0.15) is 0 Å². The van der Waals surface area contributed by atoms with Crippen LogP contribution in [0.4, 0.5) is 0 Å². The van der Waals surface area contributed by atoms with Crippen molar-refractivity contribution in [3.05, 3.63) is 182 Å². The number of nitrogens with one attached hydrogen (secondary N) is 6. The molecule has 0 aliphatic heterocycles. The summed E-state index contributed by atoms with van der Waals surface area (Å²) in [5.41, 5.74) is 20.5. The Kier molecular flexibility index (Phi) is 8.52. The molecule has 0 saturated carbocycles. The van der Waals surface area contributed by atoms with E-state index >= 15 is 0 Å². The predicted molar refractivity (Wildman–Crippen MR) is 269 cm³/mol. The standard InChI is InChI=1S/C54H36N12/c1-7-31-43-19-21-45(61-43)33-9-2-11-35(56-33)47-23-25-49(63-47)37-13-4-15-39(58-37)51-27-29-53(65-51)41-17-6-18-42(60-41)54-30-28-52(66-54)40-16-5-14-38(59-40)50-26-24-48(64-50)36-12-3-10-34(57-36)46-22-20-44(62-46)32(8-1)55-31/h1-30,61-66H. The highest BCUT2D eigenvalue weighted by Crippen LogP contribution is 2.23. The smallest absolute Gasteiger partial charge is 0.0872 e. The van der Waals surface area contributed by atoms with E-state index in [9.17, 15) is 0 Å². The molecule has 24 bridgehead atoms. The maximum atomic E-state index is 5.05. The van der Waals surface area contributed by atoms with Crippen molar-refractivity contribution in [1.82, 2.24) is 59.8 Å². The average molecular weight is 853 g/mol. The van der Waals surface area contributed by atoms with Crippen molar-refractivity contribution in [2.45, 2.75) is 0 Å². The molecule has 66 heavy (non-hydrogen) atoms. The van der Waals surface area contributed by atoms with Gasteiger partial charge < -0.3 is 29.9 Å². The molecule has 0 aromatic carbocycles. The van der Waals surface area contributed by atoms with Gasteiger partial charge in [0, 0.05) is 0 Å². The molecule has 6 N–H and O–H groups in total. The minimum Gasteiger partial charge on any atom is -0.352 e. The number of H-pyrrole nitrogens is 6. The molecule has 12 nitrogen and oxygen atoms in total. The number of aromatic nitrogens is 12. The first-order valence-electron chi connectivity index (χ1n) is 21.6. The maximum Gasteiger partial charge on any atom is 0.0872 e. The molecule has 0 aliphatic rings. The minimum absolute atomic E-state index is 0.819. The van der Waals surface area contributed by atoms with Crippen molar-refractivity contribution in [2.24, 2.45) is 0 Å². The summed E-state index contributed by atoms with van der Waals surface area (Å²) in [5, 5.41) is 0. The van der Waals surface area contributed by atoms with Crippen LogP contribution >= 0.6 is 0 Å². The van der Waals surface area contributed by atoms with Gasteiger partial charge in [0.2, 0.25) is 0 Å². The lowest BCUT2D eigenvalue weighted by Gasteiger charge is -1.95. The van der Waals surface area contributed by atoms with Gasteiger partial charge in [-0.3, -0.25) is 0 Å². The van der Waals surface area contributed by atoms with Crippen molar-refractivity contribution >= 4 is 132 Å². The van der Waals surface area contributed by atoms with Gasteiger partial charge in [-0.15, -0.1) is 0 Å². The summed E-state index contributed by atoms with van der Waals surface area (Å²) in [7, 11) is 0. The zero-order valence-electron chi connectivity index (χ0n) is 35.0. The Balaban J connectivity index is 1.02. The fourth-order valence-electron chi connectivity index (χ4n) is 8.57. The normalized spacial score (nSPS) is 11.6. The molecule has 0 saturated heterocycles. The fraction of sp³-hybridized carbons (Fsp3) is 0. The number of aromatic amines is 6. The van der Waals surface area contributed by atoms with Gasteiger partial charge in [-0.2, -0.15) is 0 Å². The number of nitrogens with zero attached hydrogens (tertiary/aromatic N) is 6. The van der Waals surface area contributed by atoms with Crippen molar-refractivity contribution in [2.75, 3.05) is 0 Å². The summed E-state index contributed by atoms with van der Waals surface area (Å²) in [6.07, 6.45) is 0. The van der Waals surface area contributed by atoms with Crippen molar-refractivity contribution in [1.29, 1.82) is 0 Å². The monoisotopic (exact) mass is 852 g/mol. The zero-order valence-corrected chi connectivity index (χ0v) is 35.0. The molecule has 312 valence electrons. The summed E-state index contributed by atoms with van der Waals surface area (Å²) < 4.78 is 0. The Bertz CT molecular complexity index is 3470. The first-order valence-corrected chi connectivity index (χ1v) is 21.6. The largest absolute Gasteiger partial charge is 0.352 e. The molecule has 0 amide bonds. The summed E-state index contributed by atoms with van der Waals surface area (Å²) in [5.74, 6) is 0. The Morgan fingerprint density at radius 1 is 0.152 bits per heavy atom. The van der Waals surface area contributed by atoms with E-state index in [1.165, 1.54) is 0 Å². The molecule has 12 heteroatoms. The number of hydrogen-bond donors (Lipinski definition) is 6. The van der Waals surface area contributed by atoms with Crippen LogP contribution in [0.25, 0.3) is 132 Å². The van der Waals surface area contributed by atoms with Crippen LogP contribution in [0.15, 0.2) is 182 Å². The van der Waals surface area contributed by atoms with Gasteiger partial charge in [0.25, 0.3) is 0 Å². The van der Waals surface area contributed by atoms with Crippen LogP contribution in [0, 0.1) is 0 Å². The molecule has 0 unspecified atom stereocenters.